The van der Waals surface area contributed by atoms with E-state index in [0.29, 0.717) is 40.9 Å². The lowest BCUT2D eigenvalue weighted by atomic mass is 10.0. The highest BCUT2D eigenvalue weighted by Crippen LogP contribution is 2.32. The molecule has 108 valence electrons. The zero-order valence-electron chi connectivity index (χ0n) is 11.3. The summed E-state index contributed by atoms with van der Waals surface area (Å²) in [4.78, 5) is 12.6. The summed E-state index contributed by atoms with van der Waals surface area (Å²) < 4.78 is 11.1. The number of rotatable bonds is 2. The van der Waals surface area contributed by atoms with Crippen LogP contribution in [-0.4, -0.2) is 19.0 Å². The maximum atomic E-state index is 12.6. The van der Waals surface area contributed by atoms with E-state index in [4.69, 9.17) is 26.8 Å². The van der Waals surface area contributed by atoms with Crippen molar-refractivity contribution < 1.29 is 14.3 Å². The summed E-state index contributed by atoms with van der Waals surface area (Å²) in [5.74, 6) is 1.05. The van der Waals surface area contributed by atoms with Gasteiger partial charge in [-0.3, -0.25) is 4.79 Å². The van der Waals surface area contributed by atoms with Gasteiger partial charge in [-0.1, -0.05) is 17.7 Å². The summed E-state index contributed by atoms with van der Waals surface area (Å²) in [5, 5.41) is 0.371. The number of benzene rings is 2. The number of halogens is 1. The average molecular weight is 304 g/mol. The Morgan fingerprint density at radius 3 is 2.67 bits per heavy atom. The quantitative estimate of drug-likeness (QED) is 0.683. The predicted molar refractivity (Wildman–Crippen MR) is 81.3 cm³/mol. The van der Waals surface area contributed by atoms with Gasteiger partial charge in [-0.2, -0.15) is 0 Å². The standard InChI is InChI=1S/C16H14ClNO3/c17-12-4-1-3-11(15(12)18)16(19)10-5-6-13-14(9-10)21-8-2-7-20-13/h1,3-6,9H,2,7-8,18H2. The van der Waals surface area contributed by atoms with Crippen LogP contribution in [0, 0.1) is 0 Å². The largest absolute Gasteiger partial charge is 0.490 e. The number of anilines is 1. The van der Waals surface area contributed by atoms with E-state index >= 15 is 0 Å². The molecule has 3 rings (SSSR count). The van der Waals surface area contributed by atoms with E-state index in [1.54, 1.807) is 36.4 Å². The van der Waals surface area contributed by atoms with E-state index in [1.807, 2.05) is 0 Å². The highest BCUT2D eigenvalue weighted by atomic mass is 35.5. The van der Waals surface area contributed by atoms with Crippen molar-refractivity contribution in [2.45, 2.75) is 6.42 Å². The van der Waals surface area contributed by atoms with Gasteiger partial charge in [0.05, 0.1) is 23.9 Å². The number of nitrogens with two attached hydrogens (primary N) is 1. The summed E-state index contributed by atoms with van der Waals surface area (Å²) in [7, 11) is 0. The summed E-state index contributed by atoms with van der Waals surface area (Å²) in [6.07, 6.45) is 0.819. The molecule has 0 saturated carbocycles. The van der Waals surface area contributed by atoms with Crippen LogP contribution in [0.5, 0.6) is 11.5 Å². The lowest BCUT2D eigenvalue weighted by molar-refractivity contribution is 0.103. The average Bonchev–Trinajstić information content (AvgIpc) is 2.74. The number of fused-ring (bicyclic) bond motifs is 1. The molecule has 4 nitrogen and oxygen atoms in total. The number of carbonyl (C=O) groups excluding carboxylic acids is 1. The van der Waals surface area contributed by atoms with E-state index in [-0.39, 0.29) is 11.5 Å². The van der Waals surface area contributed by atoms with Crippen molar-refractivity contribution in [3.63, 3.8) is 0 Å². The van der Waals surface area contributed by atoms with Crippen LogP contribution in [-0.2, 0) is 0 Å². The SMILES string of the molecule is Nc1c(Cl)cccc1C(=O)c1ccc2c(c1)OCCCO2. The normalized spacial score (nSPS) is 13.6. The lowest BCUT2D eigenvalue weighted by Crippen LogP contribution is -2.06. The minimum atomic E-state index is -0.189. The highest BCUT2D eigenvalue weighted by Gasteiger charge is 2.17. The maximum Gasteiger partial charge on any atom is 0.195 e. The summed E-state index contributed by atoms with van der Waals surface area (Å²) >= 11 is 5.96. The predicted octanol–water partition coefficient (Wildman–Crippen LogP) is 3.31. The first kappa shape index (κ1) is 13.8. The molecule has 0 unspecified atom stereocenters. The summed E-state index contributed by atoms with van der Waals surface area (Å²) in [6.45, 7) is 1.19. The topological polar surface area (TPSA) is 61.6 Å². The van der Waals surface area contributed by atoms with E-state index in [9.17, 15) is 4.79 Å². The molecule has 1 aliphatic heterocycles. The van der Waals surface area contributed by atoms with Gasteiger partial charge < -0.3 is 15.2 Å². The fourth-order valence-electron chi connectivity index (χ4n) is 2.20. The monoisotopic (exact) mass is 303 g/mol. The smallest absolute Gasteiger partial charge is 0.195 e. The molecule has 2 N–H and O–H groups in total. The van der Waals surface area contributed by atoms with Gasteiger partial charge in [-0.05, 0) is 30.3 Å². The Labute approximate surface area is 127 Å². The number of ketones is 1. The van der Waals surface area contributed by atoms with Crippen molar-refractivity contribution in [3.05, 3.63) is 52.5 Å². The van der Waals surface area contributed by atoms with Crippen molar-refractivity contribution >= 4 is 23.1 Å². The van der Waals surface area contributed by atoms with Gasteiger partial charge in [-0.15, -0.1) is 0 Å². The molecular formula is C16H14ClNO3. The second kappa shape index (κ2) is 5.66. The minimum Gasteiger partial charge on any atom is -0.490 e. The molecular weight excluding hydrogens is 290 g/mol. The molecule has 1 aliphatic rings. The first-order valence-corrected chi connectivity index (χ1v) is 7.03. The third-order valence-electron chi connectivity index (χ3n) is 3.31. The first-order valence-electron chi connectivity index (χ1n) is 6.65. The number of ether oxygens (including phenoxy) is 2. The molecule has 2 aromatic rings. The van der Waals surface area contributed by atoms with Gasteiger partial charge >= 0.3 is 0 Å². The molecule has 0 aromatic heterocycles. The van der Waals surface area contributed by atoms with E-state index in [1.165, 1.54) is 0 Å². The Morgan fingerprint density at radius 1 is 1.10 bits per heavy atom. The van der Waals surface area contributed by atoms with Gasteiger partial charge in [0, 0.05) is 17.5 Å². The van der Waals surface area contributed by atoms with Crippen LogP contribution >= 0.6 is 11.6 Å². The van der Waals surface area contributed by atoms with E-state index in [0.717, 1.165) is 6.42 Å². The Balaban J connectivity index is 1.98. The molecule has 0 fully saturated rings. The Bertz CT molecular complexity index is 700. The molecule has 0 atom stereocenters. The third kappa shape index (κ3) is 2.67. The molecule has 1 heterocycles. The highest BCUT2D eigenvalue weighted by molar-refractivity contribution is 6.34. The minimum absolute atomic E-state index is 0.189. The fraction of sp³-hybridized carbons (Fsp3) is 0.188. The second-order valence-corrected chi connectivity index (χ2v) is 5.15. The molecule has 0 amide bonds. The van der Waals surface area contributed by atoms with Crippen LogP contribution in [0.4, 0.5) is 5.69 Å². The molecule has 0 aliphatic carbocycles. The molecule has 5 heteroatoms. The second-order valence-electron chi connectivity index (χ2n) is 4.74. The fourth-order valence-corrected chi connectivity index (χ4v) is 2.37. The van der Waals surface area contributed by atoms with Crippen LogP contribution in [0.3, 0.4) is 0 Å². The van der Waals surface area contributed by atoms with Gasteiger partial charge in [0.15, 0.2) is 17.3 Å². The van der Waals surface area contributed by atoms with Crippen LogP contribution in [0.1, 0.15) is 22.3 Å². The van der Waals surface area contributed by atoms with Gasteiger partial charge in [-0.25, -0.2) is 0 Å². The van der Waals surface area contributed by atoms with E-state index in [2.05, 4.69) is 0 Å². The third-order valence-corrected chi connectivity index (χ3v) is 3.64. The number of hydrogen-bond donors (Lipinski definition) is 1. The molecule has 0 saturated heterocycles. The van der Waals surface area contributed by atoms with Crippen molar-refractivity contribution in [2.24, 2.45) is 0 Å². The van der Waals surface area contributed by atoms with Crippen LogP contribution in [0.2, 0.25) is 5.02 Å². The van der Waals surface area contributed by atoms with Crippen molar-refractivity contribution in [1.82, 2.24) is 0 Å². The van der Waals surface area contributed by atoms with E-state index < -0.39 is 0 Å². The van der Waals surface area contributed by atoms with Gasteiger partial charge in [0.2, 0.25) is 0 Å². The Morgan fingerprint density at radius 2 is 1.86 bits per heavy atom. The Hall–Kier alpha value is -2.20. The molecule has 2 aromatic carbocycles. The zero-order valence-corrected chi connectivity index (χ0v) is 12.0. The maximum absolute atomic E-state index is 12.6. The Kier molecular flexibility index (Phi) is 3.71. The lowest BCUT2D eigenvalue weighted by Gasteiger charge is -2.10. The number of nitrogen functional groups attached to an aromatic ring is 1. The molecule has 0 bridgehead atoms. The van der Waals surface area contributed by atoms with Gasteiger partial charge in [0.1, 0.15) is 0 Å². The van der Waals surface area contributed by atoms with Gasteiger partial charge in [0.25, 0.3) is 0 Å². The van der Waals surface area contributed by atoms with Crippen molar-refractivity contribution in [2.75, 3.05) is 18.9 Å². The summed E-state index contributed by atoms with van der Waals surface area (Å²) in [6, 6.07) is 10.2. The summed E-state index contributed by atoms with van der Waals surface area (Å²) in [5.41, 5.74) is 7.04. The van der Waals surface area contributed by atoms with Crippen LogP contribution < -0.4 is 15.2 Å². The number of carbonyl (C=O) groups is 1. The zero-order chi connectivity index (χ0) is 14.8. The van der Waals surface area contributed by atoms with Crippen molar-refractivity contribution in [3.8, 4) is 11.5 Å². The number of para-hydroxylation sites is 1. The van der Waals surface area contributed by atoms with Crippen LogP contribution in [0.25, 0.3) is 0 Å². The first-order chi connectivity index (χ1) is 10.2. The molecule has 21 heavy (non-hydrogen) atoms. The van der Waals surface area contributed by atoms with Crippen molar-refractivity contribution in [1.29, 1.82) is 0 Å². The molecule has 0 spiro atoms. The van der Waals surface area contributed by atoms with Crippen LogP contribution in [0.15, 0.2) is 36.4 Å². The number of hydrogen-bond acceptors (Lipinski definition) is 4. The molecule has 0 radical (unpaired) electrons.